The fraction of sp³-hybridized carbons (Fsp3) is 0.164. The van der Waals surface area contributed by atoms with Crippen molar-refractivity contribution in [2.24, 2.45) is 0 Å². The molecule has 2 heterocycles. The molecule has 0 unspecified atom stereocenters. The van der Waals surface area contributed by atoms with E-state index in [-0.39, 0.29) is 16.2 Å². The Morgan fingerprint density at radius 1 is 0.281 bits per heavy atom. The van der Waals surface area contributed by atoms with Crippen LogP contribution in [0, 0.1) is 0 Å². The highest BCUT2D eigenvalue weighted by Gasteiger charge is 2.38. The Labute approximate surface area is 336 Å². The second-order valence-corrected chi connectivity index (χ2v) is 17.8. The number of nitrogens with zero attached hydrogens (tertiary/aromatic N) is 2. The first kappa shape index (κ1) is 33.9. The minimum Gasteiger partial charge on any atom is -0.256 e. The molecule has 2 nitrogen and oxygen atoms in total. The van der Waals surface area contributed by atoms with Crippen LogP contribution in [0.25, 0.3) is 78.1 Å². The predicted molar refractivity (Wildman–Crippen MR) is 236 cm³/mol. The van der Waals surface area contributed by atoms with Crippen LogP contribution in [-0.4, -0.2) is 9.97 Å². The Balaban J connectivity index is 0.961. The molecule has 0 aliphatic heterocycles. The van der Waals surface area contributed by atoms with Gasteiger partial charge in [0.1, 0.15) is 0 Å². The van der Waals surface area contributed by atoms with Crippen molar-refractivity contribution in [2.75, 3.05) is 0 Å². The van der Waals surface area contributed by atoms with Gasteiger partial charge >= 0.3 is 0 Å². The Hall–Kier alpha value is -6.38. The molecule has 11 rings (SSSR count). The van der Waals surface area contributed by atoms with Gasteiger partial charge in [0.15, 0.2) is 0 Å². The molecule has 0 spiro atoms. The Morgan fingerprint density at radius 3 is 0.982 bits per heavy atom. The maximum absolute atomic E-state index is 5.04. The van der Waals surface area contributed by atoms with E-state index in [1.165, 1.54) is 77.9 Å². The molecule has 57 heavy (non-hydrogen) atoms. The fourth-order valence-corrected chi connectivity index (χ4v) is 10.5. The molecule has 0 fully saturated rings. The van der Waals surface area contributed by atoms with E-state index in [1.54, 1.807) is 0 Å². The summed E-state index contributed by atoms with van der Waals surface area (Å²) < 4.78 is 0. The molecule has 3 aliphatic rings. The van der Waals surface area contributed by atoms with Gasteiger partial charge in [0, 0.05) is 50.9 Å². The van der Waals surface area contributed by atoms with Crippen molar-refractivity contribution in [1.82, 2.24) is 9.97 Å². The van der Waals surface area contributed by atoms with E-state index in [0.29, 0.717) is 0 Å². The van der Waals surface area contributed by atoms with Crippen LogP contribution in [0.5, 0.6) is 0 Å². The quantitative estimate of drug-likeness (QED) is 0.180. The van der Waals surface area contributed by atoms with Crippen molar-refractivity contribution in [1.29, 1.82) is 0 Å². The highest BCUT2D eigenvalue weighted by atomic mass is 14.7. The zero-order chi connectivity index (χ0) is 38.8. The van der Waals surface area contributed by atoms with Gasteiger partial charge < -0.3 is 0 Å². The molecule has 0 radical (unpaired) electrons. The lowest BCUT2D eigenvalue weighted by molar-refractivity contribution is 0.660. The SMILES string of the molecule is CC1(C)c2ccccc2-c2ccc(-c3cccnc3-c3ccc4c(c3)C(C)(C)c3cc(-c5ncccc5-c5ccc6c(c5)C(C)(C)c5ccccc5-6)ccc3-4)cc21. The van der Waals surface area contributed by atoms with Gasteiger partial charge in [0.25, 0.3) is 0 Å². The lowest BCUT2D eigenvalue weighted by atomic mass is 9.80. The van der Waals surface area contributed by atoms with Crippen LogP contribution in [0.1, 0.15) is 74.9 Å². The van der Waals surface area contributed by atoms with Gasteiger partial charge in [-0.15, -0.1) is 0 Å². The topological polar surface area (TPSA) is 25.8 Å². The van der Waals surface area contributed by atoms with Gasteiger partial charge in [-0.25, -0.2) is 0 Å². The average Bonchev–Trinajstić information content (AvgIpc) is 3.72. The molecule has 2 aromatic heterocycles. The third-order valence-corrected chi connectivity index (χ3v) is 13.6. The Bertz CT molecular complexity index is 2790. The zero-order valence-electron chi connectivity index (χ0n) is 33.4. The molecule has 0 N–H and O–H groups in total. The van der Waals surface area contributed by atoms with Gasteiger partial charge in [0.05, 0.1) is 11.4 Å². The summed E-state index contributed by atoms with van der Waals surface area (Å²) in [4.78, 5) is 10.1. The van der Waals surface area contributed by atoms with Crippen LogP contribution >= 0.6 is 0 Å². The first-order chi connectivity index (χ1) is 27.5. The highest BCUT2D eigenvalue weighted by molar-refractivity contribution is 5.92. The number of rotatable bonds is 4. The van der Waals surface area contributed by atoms with Crippen molar-refractivity contribution in [3.8, 4) is 78.1 Å². The van der Waals surface area contributed by atoms with E-state index in [9.17, 15) is 0 Å². The smallest absolute Gasteiger partial charge is 0.0780 e. The number of pyridine rings is 2. The van der Waals surface area contributed by atoms with E-state index in [4.69, 9.17) is 9.97 Å². The summed E-state index contributed by atoms with van der Waals surface area (Å²) >= 11 is 0. The van der Waals surface area contributed by atoms with Crippen molar-refractivity contribution in [3.05, 3.63) is 191 Å². The second kappa shape index (κ2) is 11.8. The summed E-state index contributed by atoms with van der Waals surface area (Å²) in [7, 11) is 0. The summed E-state index contributed by atoms with van der Waals surface area (Å²) in [5, 5.41) is 0. The molecular formula is C55H44N2. The standard InChI is InChI=1S/C55H44N2/c1-53(2)45-17-9-7-13-39(45)41-23-19-33(29-47(41)53)37-15-11-27-56-51(37)35-21-25-43-44-26-22-36(32-50(44)55(5,6)49(43)31-35)52-38(16-12-28-57-52)34-20-24-42-40-14-8-10-18-46(40)54(3,4)48(42)30-34/h7-32H,1-6H3. The number of benzene rings is 6. The van der Waals surface area contributed by atoms with E-state index in [2.05, 4.69) is 187 Å². The minimum absolute atomic E-state index is 0.0623. The molecule has 3 aliphatic carbocycles. The van der Waals surface area contributed by atoms with Gasteiger partial charge in [-0.3, -0.25) is 9.97 Å². The zero-order valence-corrected chi connectivity index (χ0v) is 33.4. The highest BCUT2D eigenvalue weighted by Crippen LogP contribution is 2.54. The van der Waals surface area contributed by atoms with Crippen LogP contribution < -0.4 is 0 Å². The fourth-order valence-electron chi connectivity index (χ4n) is 10.5. The first-order valence-corrected chi connectivity index (χ1v) is 20.2. The molecule has 0 atom stereocenters. The predicted octanol–water partition coefficient (Wildman–Crippen LogP) is 14.1. The number of hydrogen-bond donors (Lipinski definition) is 0. The largest absolute Gasteiger partial charge is 0.256 e. The maximum atomic E-state index is 5.04. The molecule has 8 aromatic rings. The van der Waals surface area contributed by atoms with Crippen molar-refractivity contribution in [2.45, 2.75) is 57.8 Å². The van der Waals surface area contributed by atoms with Gasteiger partial charge in [-0.1, -0.05) is 151 Å². The summed E-state index contributed by atoms with van der Waals surface area (Å²) in [5.41, 5.74) is 24.8. The Morgan fingerprint density at radius 2 is 0.579 bits per heavy atom. The third kappa shape index (κ3) is 4.77. The minimum atomic E-state index is -0.215. The maximum Gasteiger partial charge on any atom is 0.0780 e. The average molecular weight is 733 g/mol. The summed E-state index contributed by atoms with van der Waals surface area (Å²) in [6.07, 6.45) is 3.85. The van der Waals surface area contributed by atoms with Crippen LogP contribution in [-0.2, 0) is 16.2 Å². The molecule has 0 amide bonds. The van der Waals surface area contributed by atoms with Crippen LogP contribution in [0.3, 0.4) is 0 Å². The molecule has 2 heteroatoms. The van der Waals surface area contributed by atoms with Gasteiger partial charge in [-0.05, 0) is 114 Å². The lowest BCUT2D eigenvalue weighted by Crippen LogP contribution is -2.15. The van der Waals surface area contributed by atoms with Gasteiger partial charge in [0.2, 0.25) is 0 Å². The molecule has 0 saturated carbocycles. The molecular weight excluding hydrogens is 689 g/mol. The van der Waals surface area contributed by atoms with Crippen LogP contribution in [0.15, 0.2) is 158 Å². The normalized spacial score (nSPS) is 15.6. The molecule has 0 saturated heterocycles. The third-order valence-electron chi connectivity index (χ3n) is 13.6. The van der Waals surface area contributed by atoms with Crippen molar-refractivity contribution < 1.29 is 0 Å². The van der Waals surface area contributed by atoms with Gasteiger partial charge in [-0.2, -0.15) is 0 Å². The van der Waals surface area contributed by atoms with E-state index in [1.807, 2.05) is 12.4 Å². The molecule has 274 valence electrons. The molecule has 6 aromatic carbocycles. The summed E-state index contributed by atoms with van der Waals surface area (Å²) in [6, 6.07) is 54.2. The number of hydrogen-bond acceptors (Lipinski definition) is 2. The van der Waals surface area contributed by atoms with E-state index in [0.717, 1.165) is 33.6 Å². The van der Waals surface area contributed by atoms with Crippen molar-refractivity contribution >= 4 is 0 Å². The Kier molecular flexibility index (Phi) is 7.03. The van der Waals surface area contributed by atoms with Crippen LogP contribution in [0.2, 0.25) is 0 Å². The number of aromatic nitrogens is 2. The first-order valence-electron chi connectivity index (χ1n) is 20.2. The van der Waals surface area contributed by atoms with Crippen molar-refractivity contribution in [3.63, 3.8) is 0 Å². The number of fused-ring (bicyclic) bond motifs is 9. The summed E-state index contributed by atoms with van der Waals surface area (Å²) in [6.45, 7) is 14.1. The van der Waals surface area contributed by atoms with E-state index >= 15 is 0 Å². The second-order valence-electron chi connectivity index (χ2n) is 17.8. The molecule has 0 bridgehead atoms. The monoisotopic (exact) mass is 732 g/mol. The lowest BCUT2D eigenvalue weighted by Gasteiger charge is -2.23. The summed E-state index contributed by atoms with van der Waals surface area (Å²) in [5.74, 6) is 0. The van der Waals surface area contributed by atoms with Crippen LogP contribution in [0.4, 0.5) is 0 Å². The van der Waals surface area contributed by atoms with E-state index < -0.39 is 0 Å².